The zero-order chi connectivity index (χ0) is 16.2. The van der Waals surface area contributed by atoms with Gasteiger partial charge in [0.15, 0.2) is 0 Å². The number of piperazine rings is 1. The second kappa shape index (κ2) is 7.11. The molecule has 2 fully saturated rings. The lowest BCUT2D eigenvalue weighted by Gasteiger charge is -2.32. The molecule has 0 radical (unpaired) electrons. The minimum absolute atomic E-state index is 0.0831. The highest BCUT2D eigenvalue weighted by molar-refractivity contribution is 7.88. The first-order chi connectivity index (χ1) is 10.4. The quantitative estimate of drug-likeness (QED) is 0.581. The molecule has 0 aromatic rings. The van der Waals surface area contributed by atoms with Crippen LogP contribution in [0.3, 0.4) is 0 Å². The first-order valence-electron chi connectivity index (χ1n) is 7.52. The van der Waals surface area contributed by atoms with Crippen LogP contribution in [0.4, 0.5) is 0 Å². The molecule has 22 heavy (non-hydrogen) atoms. The number of nitrogens with zero attached hydrogens (tertiary/aromatic N) is 3. The fourth-order valence-electron chi connectivity index (χ4n) is 2.82. The third-order valence-corrected chi connectivity index (χ3v) is 5.41. The van der Waals surface area contributed by atoms with Gasteiger partial charge in [0.1, 0.15) is 11.6 Å². The number of hydrogen-bond acceptors (Lipinski definition) is 5. The van der Waals surface area contributed by atoms with E-state index in [1.165, 1.54) is 10.6 Å². The fraction of sp³-hybridized carbons (Fsp3) is 0.714. The van der Waals surface area contributed by atoms with Gasteiger partial charge in [0.25, 0.3) is 5.91 Å². The van der Waals surface area contributed by atoms with Crippen LogP contribution in [-0.4, -0.2) is 62.0 Å². The summed E-state index contributed by atoms with van der Waals surface area (Å²) >= 11 is 0. The van der Waals surface area contributed by atoms with Crippen molar-refractivity contribution in [2.75, 3.05) is 32.4 Å². The van der Waals surface area contributed by atoms with Gasteiger partial charge >= 0.3 is 0 Å². The first kappa shape index (κ1) is 16.8. The van der Waals surface area contributed by atoms with E-state index in [-0.39, 0.29) is 17.5 Å². The number of carbonyl (C=O) groups excluding carboxylic acids is 1. The lowest BCUT2D eigenvalue weighted by atomic mass is 10.2. The largest absolute Gasteiger partial charge is 0.373 e. The van der Waals surface area contributed by atoms with Crippen LogP contribution in [0, 0.1) is 11.3 Å². The van der Waals surface area contributed by atoms with Crippen molar-refractivity contribution in [3.63, 3.8) is 0 Å². The molecule has 0 bridgehead atoms. The summed E-state index contributed by atoms with van der Waals surface area (Å²) in [7, 11) is -3.17. The Morgan fingerprint density at radius 2 is 1.82 bits per heavy atom. The summed E-state index contributed by atoms with van der Waals surface area (Å²) in [5.74, 6) is -0.333. The lowest BCUT2D eigenvalue weighted by molar-refractivity contribution is -0.117. The molecule has 1 heterocycles. The van der Waals surface area contributed by atoms with Gasteiger partial charge in [-0.05, 0) is 12.8 Å². The topological polar surface area (TPSA) is 93.5 Å². The van der Waals surface area contributed by atoms with Crippen molar-refractivity contribution in [2.45, 2.75) is 31.7 Å². The van der Waals surface area contributed by atoms with E-state index in [9.17, 15) is 18.5 Å². The van der Waals surface area contributed by atoms with Crippen LogP contribution in [-0.2, 0) is 14.8 Å². The Morgan fingerprint density at radius 1 is 1.23 bits per heavy atom. The fourth-order valence-corrected chi connectivity index (χ4v) is 3.65. The molecule has 7 nitrogen and oxygen atoms in total. The van der Waals surface area contributed by atoms with E-state index in [0.717, 1.165) is 25.7 Å². The second-order valence-corrected chi connectivity index (χ2v) is 7.79. The van der Waals surface area contributed by atoms with E-state index in [2.05, 4.69) is 5.32 Å². The van der Waals surface area contributed by atoms with Gasteiger partial charge in [0, 0.05) is 38.4 Å². The molecule has 1 aliphatic carbocycles. The molecule has 0 aromatic heterocycles. The number of rotatable bonds is 4. The number of nitrogens with one attached hydrogen (secondary N) is 1. The SMILES string of the molecule is CS(=O)(=O)N1CCN(/C=C(/C#N)C(=O)NC2CCCC2)CC1. The smallest absolute Gasteiger partial charge is 0.263 e. The highest BCUT2D eigenvalue weighted by Crippen LogP contribution is 2.18. The van der Waals surface area contributed by atoms with Crippen molar-refractivity contribution in [2.24, 2.45) is 0 Å². The van der Waals surface area contributed by atoms with Gasteiger partial charge in [-0.15, -0.1) is 0 Å². The van der Waals surface area contributed by atoms with Crippen LogP contribution in [0.2, 0.25) is 0 Å². The maximum atomic E-state index is 12.1. The monoisotopic (exact) mass is 326 g/mol. The van der Waals surface area contributed by atoms with Gasteiger partial charge in [-0.25, -0.2) is 8.42 Å². The minimum Gasteiger partial charge on any atom is -0.373 e. The van der Waals surface area contributed by atoms with Gasteiger partial charge < -0.3 is 10.2 Å². The lowest BCUT2D eigenvalue weighted by Crippen LogP contribution is -2.46. The van der Waals surface area contributed by atoms with E-state index in [4.69, 9.17) is 0 Å². The van der Waals surface area contributed by atoms with Crippen molar-refractivity contribution in [3.8, 4) is 6.07 Å². The molecular weight excluding hydrogens is 304 g/mol. The predicted octanol–water partition coefficient (Wildman–Crippen LogP) is 0.0299. The summed E-state index contributed by atoms with van der Waals surface area (Å²) in [4.78, 5) is 13.9. The Bertz CT molecular complexity index is 580. The van der Waals surface area contributed by atoms with Crippen LogP contribution in [0.15, 0.2) is 11.8 Å². The van der Waals surface area contributed by atoms with Crippen LogP contribution < -0.4 is 5.32 Å². The van der Waals surface area contributed by atoms with E-state index < -0.39 is 10.0 Å². The number of sulfonamides is 1. The number of hydrogen-bond donors (Lipinski definition) is 1. The van der Waals surface area contributed by atoms with Crippen molar-refractivity contribution >= 4 is 15.9 Å². The molecule has 122 valence electrons. The Hall–Kier alpha value is -1.59. The van der Waals surface area contributed by atoms with Crippen LogP contribution >= 0.6 is 0 Å². The predicted molar refractivity (Wildman–Crippen MR) is 82.1 cm³/mol. The molecule has 0 unspecified atom stereocenters. The van der Waals surface area contributed by atoms with Gasteiger partial charge in [0.2, 0.25) is 10.0 Å². The van der Waals surface area contributed by atoms with E-state index in [0.29, 0.717) is 26.2 Å². The normalized spacial score (nSPS) is 21.6. The molecule has 1 amide bonds. The third kappa shape index (κ3) is 4.45. The van der Waals surface area contributed by atoms with Crippen molar-refractivity contribution in [1.29, 1.82) is 5.26 Å². The van der Waals surface area contributed by atoms with Crippen LogP contribution in [0.25, 0.3) is 0 Å². The molecule has 1 aliphatic heterocycles. The molecule has 8 heteroatoms. The first-order valence-corrected chi connectivity index (χ1v) is 9.37. The Balaban J connectivity index is 1.92. The summed E-state index contributed by atoms with van der Waals surface area (Å²) in [6.07, 6.45) is 6.90. The summed E-state index contributed by atoms with van der Waals surface area (Å²) in [6, 6.07) is 2.11. The number of carbonyl (C=O) groups is 1. The van der Waals surface area contributed by atoms with Crippen molar-refractivity contribution in [1.82, 2.24) is 14.5 Å². The molecule has 1 N–H and O–H groups in total. The Labute approximate surface area is 131 Å². The highest BCUT2D eigenvalue weighted by Gasteiger charge is 2.24. The van der Waals surface area contributed by atoms with E-state index in [1.54, 1.807) is 6.20 Å². The molecule has 0 spiro atoms. The van der Waals surface area contributed by atoms with Gasteiger partial charge in [0.05, 0.1) is 6.26 Å². The Kier molecular flexibility index (Phi) is 5.42. The second-order valence-electron chi connectivity index (χ2n) is 5.81. The number of amides is 1. The summed E-state index contributed by atoms with van der Waals surface area (Å²) < 4.78 is 24.3. The van der Waals surface area contributed by atoms with Gasteiger partial charge in [-0.3, -0.25) is 4.79 Å². The maximum absolute atomic E-state index is 12.1. The average molecular weight is 326 g/mol. The average Bonchev–Trinajstić information content (AvgIpc) is 2.97. The summed E-state index contributed by atoms with van der Waals surface area (Å²) in [6.45, 7) is 1.71. The van der Waals surface area contributed by atoms with E-state index >= 15 is 0 Å². The minimum atomic E-state index is -3.17. The molecular formula is C14H22N4O3S. The molecule has 2 rings (SSSR count). The standard InChI is InChI=1S/C14H22N4O3S/c1-22(20,21)18-8-6-17(7-9-18)11-12(10-15)14(19)16-13-4-2-3-5-13/h11,13H,2-9H2,1H3,(H,16,19)/b12-11-. The zero-order valence-electron chi connectivity index (χ0n) is 12.8. The zero-order valence-corrected chi connectivity index (χ0v) is 13.6. The van der Waals surface area contributed by atoms with Gasteiger partial charge in [-0.2, -0.15) is 9.57 Å². The van der Waals surface area contributed by atoms with E-state index in [1.807, 2.05) is 11.0 Å². The molecule has 1 saturated carbocycles. The van der Waals surface area contributed by atoms with Crippen molar-refractivity contribution in [3.05, 3.63) is 11.8 Å². The number of nitriles is 1. The highest BCUT2D eigenvalue weighted by atomic mass is 32.2. The van der Waals surface area contributed by atoms with Gasteiger partial charge in [-0.1, -0.05) is 12.8 Å². The van der Waals surface area contributed by atoms with Crippen LogP contribution in [0.5, 0.6) is 0 Å². The van der Waals surface area contributed by atoms with Crippen LogP contribution in [0.1, 0.15) is 25.7 Å². The summed E-state index contributed by atoms with van der Waals surface area (Å²) in [5, 5.41) is 12.1. The Morgan fingerprint density at radius 3 is 2.32 bits per heavy atom. The molecule has 2 aliphatic rings. The summed E-state index contributed by atoms with van der Waals surface area (Å²) in [5.41, 5.74) is 0.0831. The van der Waals surface area contributed by atoms with Crippen molar-refractivity contribution < 1.29 is 13.2 Å². The molecule has 0 aromatic carbocycles. The molecule has 0 atom stereocenters. The maximum Gasteiger partial charge on any atom is 0.263 e. The molecule has 1 saturated heterocycles. The third-order valence-electron chi connectivity index (χ3n) is 4.11.